The van der Waals surface area contributed by atoms with Crippen LogP contribution in [0.3, 0.4) is 0 Å². The second-order valence-electron chi connectivity index (χ2n) is 6.29. The van der Waals surface area contributed by atoms with Crippen molar-refractivity contribution in [3.63, 3.8) is 0 Å². The van der Waals surface area contributed by atoms with Crippen molar-refractivity contribution in [2.75, 3.05) is 5.32 Å². The molecule has 0 saturated heterocycles. The molecular formula is C19H16N4O3S. The number of aromatic nitrogens is 3. The van der Waals surface area contributed by atoms with Gasteiger partial charge in [0, 0.05) is 17.4 Å². The van der Waals surface area contributed by atoms with Gasteiger partial charge in [0.2, 0.25) is 10.9 Å². The van der Waals surface area contributed by atoms with Gasteiger partial charge < -0.3 is 5.32 Å². The third kappa shape index (κ3) is 3.31. The zero-order valence-electron chi connectivity index (χ0n) is 14.6. The number of aryl methyl sites for hydroxylation is 1. The Bertz CT molecular complexity index is 1140. The van der Waals surface area contributed by atoms with E-state index in [2.05, 4.69) is 15.4 Å². The summed E-state index contributed by atoms with van der Waals surface area (Å²) in [5, 5.41) is 8.61. The molecule has 1 aliphatic carbocycles. The number of thiazole rings is 1. The van der Waals surface area contributed by atoms with E-state index in [1.807, 2.05) is 30.3 Å². The van der Waals surface area contributed by atoms with Crippen molar-refractivity contribution in [1.29, 1.82) is 0 Å². The van der Waals surface area contributed by atoms with Gasteiger partial charge in [0.1, 0.15) is 11.5 Å². The first kappa shape index (κ1) is 17.3. The fraction of sp³-hybridized carbons (Fsp3) is 0.211. The maximum Gasteiger partial charge on any atom is 0.295 e. The highest BCUT2D eigenvalue weighted by molar-refractivity contribution is 7.15. The quantitative estimate of drug-likeness (QED) is 0.751. The number of carbonyl (C=O) groups excluding carboxylic acids is 2. The van der Waals surface area contributed by atoms with E-state index >= 15 is 0 Å². The Hall–Kier alpha value is -3.13. The van der Waals surface area contributed by atoms with E-state index in [9.17, 15) is 14.4 Å². The molecule has 0 bridgehead atoms. The van der Waals surface area contributed by atoms with Crippen molar-refractivity contribution in [1.82, 2.24) is 14.6 Å². The van der Waals surface area contributed by atoms with Crippen LogP contribution in [0.15, 0.2) is 46.1 Å². The Labute approximate surface area is 158 Å². The van der Waals surface area contributed by atoms with Crippen molar-refractivity contribution < 1.29 is 9.59 Å². The van der Waals surface area contributed by atoms with Crippen LogP contribution in [-0.2, 0) is 9.59 Å². The Morgan fingerprint density at radius 1 is 1.22 bits per heavy atom. The molecule has 7 nitrogen and oxygen atoms in total. The van der Waals surface area contributed by atoms with E-state index in [1.54, 1.807) is 12.3 Å². The minimum Gasteiger partial charge on any atom is -0.310 e. The molecular weight excluding hydrogens is 364 g/mol. The molecule has 1 amide bonds. The molecule has 0 aliphatic heterocycles. The molecule has 27 heavy (non-hydrogen) atoms. The average Bonchev–Trinajstić information content (AvgIpc) is 3.20. The molecule has 136 valence electrons. The fourth-order valence-electron chi connectivity index (χ4n) is 3.14. The van der Waals surface area contributed by atoms with Crippen molar-refractivity contribution in [3.05, 3.63) is 62.9 Å². The van der Waals surface area contributed by atoms with Crippen LogP contribution in [0.5, 0.6) is 0 Å². The van der Waals surface area contributed by atoms with Crippen LogP contribution in [0.1, 0.15) is 30.5 Å². The van der Waals surface area contributed by atoms with Gasteiger partial charge in [0.15, 0.2) is 5.78 Å². The third-order valence-electron chi connectivity index (χ3n) is 4.47. The lowest BCUT2D eigenvalue weighted by atomic mass is 10.00. The van der Waals surface area contributed by atoms with Gasteiger partial charge in [-0.15, -0.1) is 11.3 Å². The molecule has 4 rings (SSSR count). The first-order chi connectivity index (χ1) is 13.0. The number of rotatable bonds is 4. The van der Waals surface area contributed by atoms with Gasteiger partial charge in [-0.1, -0.05) is 30.3 Å². The Kier molecular flexibility index (Phi) is 4.41. The lowest BCUT2D eigenvalue weighted by Crippen LogP contribution is -2.19. The van der Waals surface area contributed by atoms with E-state index in [0.29, 0.717) is 29.2 Å². The van der Waals surface area contributed by atoms with Crippen LogP contribution in [0.4, 0.5) is 5.82 Å². The number of amides is 1. The Morgan fingerprint density at radius 3 is 2.78 bits per heavy atom. The number of hydrogen-bond donors (Lipinski definition) is 1. The standard InChI is InChI=1S/C19H16N4O3S/c1-11-18(26)21-19-23(22-11)16(10-27-19)20-17(25)9-14-13(7-8-15(14)24)12-5-3-2-4-6-12/h2-6,10H,7-9H2,1H3,(H,20,25). The van der Waals surface area contributed by atoms with Gasteiger partial charge in [0.25, 0.3) is 5.56 Å². The molecule has 1 N–H and O–H groups in total. The number of nitrogens with one attached hydrogen (secondary N) is 1. The van der Waals surface area contributed by atoms with Crippen molar-refractivity contribution in [2.45, 2.75) is 26.2 Å². The molecule has 0 spiro atoms. The largest absolute Gasteiger partial charge is 0.310 e. The van der Waals surface area contributed by atoms with Crippen molar-refractivity contribution in [2.24, 2.45) is 0 Å². The van der Waals surface area contributed by atoms with Crippen LogP contribution < -0.4 is 10.9 Å². The van der Waals surface area contributed by atoms with Gasteiger partial charge in [-0.05, 0) is 24.5 Å². The summed E-state index contributed by atoms with van der Waals surface area (Å²) >= 11 is 1.22. The Morgan fingerprint density at radius 2 is 2.00 bits per heavy atom. The number of benzene rings is 1. The summed E-state index contributed by atoms with van der Waals surface area (Å²) < 4.78 is 1.43. The highest BCUT2D eigenvalue weighted by atomic mass is 32.1. The second-order valence-corrected chi connectivity index (χ2v) is 7.13. The van der Waals surface area contributed by atoms with E-state index in [4.69, 9.17) is 0 Å². The number of fused-ring (bicyclic) bond motifs is 1. The minimum absolute atomic E-state index is 0.00696. The van der Waals surface area contributed by atoms with Crippen molar-refractivity contribution in [3.8, 4) is 0 Å². The lowest BCUT2D eigenvalue weighted by Gasteiger charge is -2.08. The summed E-state index contributed by atoms with van der Waals surface area (Å²) in [5.41, 5.74) is 2.34. The summed E-state index contributed by atoms with van der Waals surface area (Å²) in [7, 11) is 0. The first-order valence-corrected chi connectivity index (χ1v) is 9.36. The maximum atomic E-state index is 12.6. The molecule has 1 aromatic carbocycles. The first-order valence-electron chi connectivity index (χ1n) is 8.48. The molecule has 2 aromatic heterocycles. The second kappa shape index (κ2) is 6.88. The van der Waals surface area contributed by atoms with Gasteiger partial charge >= 0.3 is 0 Å². The molecule has 0 unspecified atom stereocenters. The molecule has 0 saturated carbocycles. The van der Waals surface area contributed by atoms with Gasteiger partial charge in [0.05, 0.1) is 6.42 Å². The minimum atomic E-state index is -0.385. The summed E-state index contributed by atoms with van der Waals surface area (Å²) in [6, 6.07) is 9.66. The molecule has 0 radical (unpaired) electrons. The van der Waals surface area contributed by atoms with E-state index in [-0.39, 0.29) is 29.4 Å². The lowest BCUT2D eigenvalue weighted by molar-refractivity contribution is -0.119. The maximum absolute atomic E-state index is 12.6. The number of Topliss-reactive ketones (excluding diaryl/α,β-unsaturated/α-hetero) is 1. The summed E-state index contributed by atoms with van der Waals surface area (Å²) in [6.07, 6.45) is 1.09. The summed E-state index contributed by atoms with van der Waals surface area (Å²) in [4.78, 5) is 40.8. The zero-order valence-corrected chi connectivity index (χ0v) is 15.4. The van der Waals surface area contributed by atoms with E-state index in [0.717, 1.165) is 11.1 Å². The van der Waals surface area contributed by atoms with Crippen molar-refractivity contribution >= 4 is 39.4 Å². The number of allylic oxidation sites excluding steroid dienone is 1. The predicted molar refractivity (Wildman–Crippen MR) is 103 cm³/mol. The number of ketones is 1. The van der Waals surface area contributed by atoms with Gasteiger partial charge in [-0.3, -0.25) is 14.4 Å². The molecule has 1 aliphatic rings. The number of nitrogens with zero attached hydrogens (tertiary/aromatic N) is 3. The monoisotopic (exact) mass is 380 g/mol. The van der Waals surface area contributed by atoms with Gasteiger partial charge in [-0.25, -0.2) is 0 Å². The molecule has 0 atom stereocenters. The highest BCUT2D eigenvalue weighted by Gasteiger charge is 2.26. The zero-order chi connectivity index (χ0) is 19.0. The number of anilines is 1. The van der Waals surface area contributed by atoms with Crippen LogP contribution in [0, 0.1) is 6.92 Å². The molecule has 0 fully saturated rings. The number of carbonyl (C=O) groups is 2. The van der Waals surface area contributed by atoms with Crippen LogP contribution >= 0.6 is 11.3 Å². The highest BCUT2D eigenvalue weighted by Crippen LogP contribution is 2.33. The molecule has 3 aromatic rings. The van der Waals surface area contributed by atoms with Crippen LogP contribution in [0.2, 0.25) is 0 Å². The fourth-order valence-corrected chi connectivity index (χ4v) is 3.89. The molecule has 2 heterocycles. The third-order valence-corrected chi connectivity index (χ3v) is 5.29. The SMILES string of the molecule is Cc1nn2c(NC(=O)CC3=C(c4ccccc4)CCC3=O)csc2nc1=O. The topological polar surface area (TPSA) is 93.4 Å². The van der Waals surface area contributed by atoms with E-state index in [1.165, 1.54) is 15.9 Å². The summed E-state index contributed by atoms with van der Waals surface area (Å²) in [5.74, 6) is 0.146. The number of hydrogen-bond acceptors (Lipinski definition) is 6. The van der Waals surface area contributed by atoms with E-state index < -0.39 is 0 Å². The summed E-state index contributed by atoms with van der Waals surface area (Å²) in [6.45, 7) is 1.57. The molecule has 8 heteroatoms. The predicted octanol–water partition coefficient (Wildman–Crippen LogP) is 2.60. The normalized spacial score (nSPS) is 14.2. The average molecular weight is 380 g/mol. The van der Waals surface area contributed by atoms with Gasteiger partial charge in [-0.2, -0.15) is 14.6 Å². The van der Waals surface area contributed by atoms with Crippen LogP contribution in [-0.4, -0.2) is 26.3 Å². The van der Waals surface area contributed by atoms with Crippen LogP contribution in [0.25, 0.3) is 10.5 Å². The Balaban J connectivity index is 1.60. The smallest absolute Gasteiger partial charge is 0.295 e.